The van der Waals surface area contributed by atoms with Crippen molar-refractivity contribution in [2.75, 3.05) is 6.54 Å². The van der Waals surface area contributed by atoms with E-state index in [0.717, 1.165) is 17.1 Å². The fourth-order valence-electron chi connectivity index (χ4n) is 1.68. The standard InChI is InChI=1S/C12H17N3OS/c1-9(7-13)2-3-11(16)6-10-8-15-4-5-17-12(15)14-10/h4-5,8-9H,2-3,6-7,13H2,1H3. The molecule has 92 valence electrons. The van der Waals surface area contributed by atoms with Gasteiger partial charge in [0, 0.05) is 24.2 Å². The van der Waals surface area contributed by atoms with E-state index in [2.05, 4.69) is 11.9 Å². The summed E-state index contributed by atoms with van der Waals surface area (Å²) in [5, 5.41) is 1.98. The van der Waals surface area contributed by atoms with Gasteiger partial charge in [-0.2, -0.15) is 0 Å². The Hall–Kier alpha value is -1.20. The van der Waals surface area contributed by atoms with E-state index in [1.165, 1.54) is 0 Å². The Morgan fingerprint density at radius 2 is 2.47 bits per heavy atom. The number of hydrogen-bond donors (Lipinski definition) is 1. The van der Waals surface area contributed by atoms with Crippen molar-refractivity contribution in [2.24, 2.45) is 11.7 Å². The summed E-state index contributed by atoms with van der Waals surface area (Å²) in [7, 11) is 0. The quantitative estimate of drug-likeness (QED) is 0.852. The van der Waals surface area contributed by atoms with Crippen LogP contribution in [0.25, 0.3) is 4.96 Å². The summed E-state index contributed by atoms with van der Waals surface area (Å²) in [6, 6.07) is 0. The van der Waals surface area contributed by atoms with Gasteiger partial charge in [-0.3, -0.25) is 9.20 Å². The lowest BCUT2D eigenvalue weighted by atomic mass is 10.0. The third-order valence-electron chi connectivity index (χ3n) is 2.84. The van der Waals surface area contributed by atoms with Crippen molar-refractivity contribution >= 4 is 22.1 Å². The predicted octanol–water partition coefficient (Wildman–Crippen LogP) is 1.88. The van der Waals surface area contributed by atoms with E-state index in [4.69, 9.17) is 5.73 Å². The summed E-state index contributed by atoms with van der Waals surface area (Å²) in [6.45, 7) is 2.72. The van der Waals surface area contributed by atoms with Crippen molar-refractivity contribution in [3.8, 4) is 0 Å². The topological polar surface area (TPSA) is 60.4 Å². The normalized spacial score (nSPS) is 13.1. The van der Waals surface area contributed by atoms with Gasteiger partial charge in [-0.1, -0.05) is 6.92 Å². The highest BCUT2D eigenvalue weighted by Gasteiger charge is 2.09. The molecule has 0 spiro atoms. The van der Waals surface area contributed by atoms with Gasteiger partial charge in [-0.15, -0.1) is 11.3 Å². The predicted molar refractivity (Wildman–Crippen MR) is 69.2 cm³/mol. The number of ketones is 1. The summed E-state index contributed by atoms with van der Waals surface area (Å²) < 4.78 is 1.95. The van der Waals surface area contributed by atoms with Crippen LogP contribution in [0.3, 0.4) is 0 Å². The second kappa shape index (κ2) is 5.42. The molecule has 2 rings (SSSR count). The molecular formula is C12H17N3OS. The minimum atomic E-state index is 0.246. The highest BCUT2D eigenvalue weighted by molar-refractivity contribution is 7.15. The minimum Gasteiger partial charge on any atom is -0.330 e. The number of nitrogens with zero attached hydrogens (tertiary/aromatic N) is 2. The van der Waals surface area contributed by atoms with E-state index >= 15 is 0 Å². The maximum atomic E-state index is 11.7. The van der Waals surface area contributed by atoms with Crippen molar-refractivity contribution < 1.29 is 4.79 Å². The van der Waals surface area contributed by atoms with E-state index in [0.29, 0.717) is 25.3 Å². The molecule has 0 aromatic carbocycles. The maximum absolute atomic E-state index is 11.7. The van der Waals surface area contributed by atoms with Gasteiger partial charge < -0.3 is 5.73 Å². The van der Waals surface area contributed by atoms with Crippen LogP contribution in [0.15, 0.2) is 17.8 Å². The van der Waals surface area contributed by atoms with Crippen molar-refractivity contribution in [1.82, 2.24) is 9.38 Å². The molecule has 1 unspecified atom stereocenters. The molecule has 0 aliphatic heterocycles. The third kappa shape index (κ3) is 3.14. The molecule has 2 aromatic heterocycles. The molecule has 0 saturated heterocycles. The van der Waals surface area contributed by atoms with Crippen molar-refractivity contribution in [2.45, 2.75) is 26.2 Å². The molecule has 1 atom stereocenters. The lowest BCUT2D eigenvalue weighted by Crippen LogP contribution is -2.13. The van der Waals surface area contributed by atoms with Crippen LogP contribution in [-0.2, 0) is 11.2 Å². The fraction of sp³-hybridized carbons (Fsp3) is 0.500. The van der Waals surface area contributed by atoms with Gasteiger partial charge in [0.05, 0.1) is 12.1 Å². The first-order valence-corrected chi connectivity index (χ1v) is 6.70. The molecule has 0 aliphatic carbocycles. The Morgan fingerprint density at radius 3 is 3.18 bits per heavy atom. The number of aromatic nitrogens is 2. The second-order valence-electron chi connectivity index (χ2n) is 4.42. The molecule has 0 radical (unpaired) electrons. The van der Waals surface area contributed by atoms with Gasteiger partial charge in [-0.05, 0) is 18.9 Å². The zero-order chi connectivity index (χ0) is 12.3. The van der Waals surface area contributed by atoms with Crippen LogP contribution < -0.4 is 5.73 Å². The Labute approximate surface area is 104 Å². The molecule has 0 fully saturated rings. The largest absolute Gasteiger partial charge is 0.330 e. The molecule has 2 heterocycles. The van der Waals surface area contributed by atoms with Crippen LogP contribution in [0.5, 0.6) is 0 Å². The van der Waals surface area contributed by atoms with Crippen molar-refractivity contribution in [3.05, 3.63) is 23.5 Å². The van der Waals surface area contributed by atoms with Crippen LogP contribution in [0.2, 0.25) is 0 Å². The van der Waals surface area contributed by atoms with Crippen LogP contribution in [0, 0.1) is 5.92 Å². The molecule has 0 saturated carbocycles. The highest BCUT2D eigenvalue weighted by Crippen LogP contribution is 2.13. The van der Waals surface area contributed by atoms with E-state index < -0.39 is 0 Å². The number of thiazole rings is 1. The molecule has 0 bridgehead atoms. The first-order valence-electron chi connectivity index (χ1n) is 5.82. The smallest absolute Gasteiger partial charge is 0.193 e. The number of carbonyl (C=O) groups is 1. The van der Waals surface area contributed by atoms with Gasteiger partial charge in [0.25, 0.3) is 0 Å². The molecule has 17 heavy (non-hydrogen) atoms. The number of Topliss-reactive ketones (excluding diaryl/α,β-unsaturated/α-hetero) is 1. The second-order valence-corrected chi connectivity index (χ2v) is 5.29. The Bertz CT molecular complexity index is 474. The van der Waals surface area contributed by atoms with Gasteiger partial charge in [0.1, 0.15) is 5.78 Å². The number of imidazole rings is 1. The molecular weight excluding hydrogens is 234 g/mol. The lowest BCUT2D eigenvalue weighted by Gasteiger charge is -2.05. The zero-order valence-corrected chi connectivity index (χ0v) is 10.7. The van der Waals surface area contributed by atoms with E-state index in [9.17, 15) is 4.79 Å². The van der Waals surface area contributed by atoms with Crippen LogP contribution in [-0.4, -0.2) is 21.7 Å². The van der Waals surface area contributed by atoms with E-state index in [1.54, 1.807) is 11.3 Å². The summed E-state index contributed by atoms with van der Waals surface area (Å²) in [4.78, 5) is 17.1. The Kier molecular flexibility index (Phi) is 3.91. The minimum absolute atomic E-state index is 0.246. The summed E-state index contributed by atoms with van der Waals surface area (Å²) in [5.74, 6) is 0.667. The number of fused-ring (bicyclic) bond motifs is 1. The highest BCUT2D eigenvalue weighted by atomic mass is 32.1. The maximum Gasteiger partial charge on any atom is 0.193 e. The average molecular weight is 251 g/mol. The van der Waals surface area contributed by atoms with Gasteiger partial charge in [0.15, 0.2) is 4.96 Å². The van der Waals surface area contributed by atoms with Gasteiger partial charge >= 0.3 is 0 Å². The number of nitrogens with two attached hydrogens (primary N) is 1. The Morgan fingerprint density at radius 1 is 1.65 bits per heavy atom. The first-order chi connectivity index (χ1) is 8.19. The van der Waals surface area contributed by atoms with Crippen LogP contribution >= 0.6 is 11.3 Å². The molecule has 0 amide bonds. The van der Waals surface area contributed by atoms with Crippen molar-refractivity contribution in [1.29, 1.82) is 0 Å². The summed E-state index contributed by atoms with van der Waals surface area (Å²) >= 11 is 1.58. The van der Waals surface area contributed by atoms with E-state index in [-0.39, 0.29) is 5.78 Å². The van der Waals surface area contributed by atoms with E-state index in [1.807, 2.05) is 22.2 Å². The van der Waals surface area contributed by atoms with Gasteiger partial charge in [0.2, 0.25) is 0 Å². The number of rotatable bonds is 6. The van der Waals surface area contributed by atoms with Crippen LogP contribution in [0.4, 0.5) is 0 Å². The molecule has 0 aliphatic rings. The fourth-order valence-corrected chi connectivity index (χ4v) is 2.40. The zero-order valence-electron chi connectivity index (χ0n) is 9.93. The first kappa shape index (κ1) is 12.3. The summed E-state index contributed by atoms with van der Waals surface area (Å²) in [5.41, 5.74) is 6.39. The monoisotopic (exact) mass is 251 g/mol. The average Bonchev–Trinajstić information content (AvgIpc) is 2.86. The molecule has 2 aromatic rings. The Balaban J connectivity index is 1.88. The molecule has 5 heteroatoms. The van der Waals surface area contributed by atoms with Gasteiger partial charge in [-0.25, -0.2) is 4.98 Å². The SMILES string of the molecule is CC(CN)CCC(=O)Cc1cn2ccsc2n1. The molecule has 4 nitrogen and oxygen atoms in total. The molecule has 2 N–H and O–H groups in total. The lowest BCUT2D eigenvalue weighted by molar-refractivity contribution is -0.118. The number of carbonyl (C=O) groups excluding carboxylic acids is 1. The summed E-state index contributed by atoms with van der Waals surface area (Å²) in [6.07, 6.45) is 5.79. The van der Waals surface area contributed by atoms with Crippen LogP contribution in [0.1, 0.15) is 25.5 Å². The van der Waals surface area contributed by atoms with Crippen molar-refractivity contribution in [3.63, 3.8) is 0 Å². The number of hydrogen-bond acceptors (Lipinski definition) is 4. The third-order valence-corrected chi connectivity index (χ3v) is 3.61.